The van der Waals surface area contributed by atoms with E-state index in [1.165, 1.54) is 117 Å². The van der Waals surface area contributed by atoms with E-state index in [4.69, 9.17) is 34.3 Å². The second-order valence-electron chi connectivity index (χ2n) is 35.1. The third-order valence-corrected chi connectivity index (χ3v) is 29.5. The second kappa shape index (κ2) is 33.5. The summed E-state index contributed by atoms with van der Waals surface area (Å²) in [7, 11) is 0. The highest BCUT2D eigenvalue weighted by Crippen LogP contribution is 2.48. The molecule has 0 saturated carbocycles. The third kappa shape index (κ3) is 13.8. The summed E-state index contributed by atoms with van der Waals surface area (Å²) in [6.07, 6.45) is 1.85. The third-order valence-electron chi connectivity index (χ3n) is 27.1. The average molecular weight is 1810 g/mol. The number of furan rings is 1. The van der Waals surface area contributed by atoms with Crippen LogP contribution in [0.5, 0.6) is 0 Å². The Labute approximate surface area is 805 Å². The summed E-state index contributed by atoms with van der Waals surface area (Å²) in [5.41, 5.74) is 28.4. The Morgan fingerprint density at radius 2 is 0.547 bits per heavy atom. The van der Waals surface area contributed by atoms with Crippen LogP contribution in [0.1, 0.15) is 0 Å². The number of nitrogens with zero attached hydrogens (tertiary/aromatic N) is 10. The lowest BCUT2D eigenvalue weighted by molar-refractivity contribution is 0.673. The van der Waals surface area contributed by atoms with Gasteiger partial charge in [0.2, 0.25) is 11.9 Å². The summed E-state index contributed by atoms with van der Waals surface area (Å²) in [5, 5.41) is 17.2. The zero-order chi connectivity index (χ0) is 91.5. The molecule has 0 saturated heterocycles. The van der Waals surface area contributed by atoms with Gasteiger partial charge in [-0.15, -0.1) is 22.7 Å². The number of hydrogen-bond donors (Lipinski definition) is 0. The van der Waals surface area contributed by atoms with Gasteiger partial charge in [-0.1, -0.05) is 340 Å². The van der Waals surface area contributed by atoms with Gasteiger partial charge in [-0.25, -0.2) is 29.9 Å². The van der Waals surface area contributed by atoms with Crippen LogP contribution in [0.2, 0.25) is 0 Å². The first-order valence-electron chi connectivity index (χ1n) is 46.7. The van der Waals surface area contributed by atoms with E-state index < -0.39 is 0 Å². The molecule has 19 aromatic carbocycles. The van der Waals surface area contributed by atoms with Crippen LogP contribution < -0.4 is 0 Å². The summed E-state index contributed by atoms with van der Waals surface area (Å²) >= 11 is 3.74. The largest absolute Gasteiger partial charge is 0.455 e. The molecule has 0 amide bonds. The molecule has 0 atom stereocenters. The van der Waals surface area contributed by atoms with Crippen molar-refractivity contribution in [2.45, 2.75) is 0 Å². The van der Waals surface area contributed by atoms with E-state index in [2.05, 4.69) is 431 Å². The van der Waals surface area contributed by atoms with Gasteiger partial charge in [-0.3, -0.25) is 9.13 Å². The fourth-order valence-electron chi connectivity index (χ4n) is 20.6. The minimum atomic E-state index is 0.622. The first-order chi connectivity index (χ1) is 68.9. The number of fused-ring (bicyclic) bond motifs is 24. The van der Waals surface area contributed by atoms with Gasteiger partial charge in [0, 0.05) is 140 Å². The first-order valence-corrected chi connectivity index (χ1v) is 48.3. The fourth-order valence-corrected chi connectivity index (χ4v) is 23.2. The van der Waals surface area contributed by atoms with Crippen molar-refractivity contribution < 1.29 is 4.42 Å². The van der Waals surface area contributed by atoms with Gasteiger partial charge in [-0.2, -0.15) is 0 Å². The topological polar surface area (TPSA) is 110 Å². The Hall–Kier alpha value is -18.1. The van der Waals surface area contributed by atoms with E-state index >= 15 is 0 Å². The highest BCUT2D eigenvalue weighted by atomic mass is 32.1. The van der Waals surface area contributed by atoms with Gasteiger partial charge < -0.3 is 13.6 Å². The first kappa shape index (κ1) is 80.5. The molecule has 0 unspecified atom stereocenters. The second-order valence-corrected chi connectivity index (χ2v) is 37.2. The van der Waals surface area contributed by atoms with Crippen molar-refractivity contribution in [1.29, 1.82) is 0 Å². The van der Waals surface area contributed by atoms with E-state index in [9.17, 15) is 0 Å². The van der Waals surface area contributed by atoms with Gasteiger partial charge in [0.05, 0.1) is 78.0 Å². The quantitative estimate of drug-likeness (QED) is 0.120. The molecule has 13 heteroatoms. The Balaban J connectivity index is 0.000000105. The minimum absolute atomic E-state index is 0.622. The van der Waals surface area contributed by atoms with Gasteiger partial charge in [0.15, 0.2) is 5.82 Å². The maximum Gasteiger partial charge on any atom is 0.235 e. The lowest BCUT2D eigenvalue weighted by Crippen LogP contribution is -2.04. The molecule has 0 aliphatic carbocycles. The highest BCUT2D eigenvalue weighted by Gasteiger charge is 2.26. The molecule has 0 fully saturated rings. The van der Waals surface area contributed by atoms with Crippen molar-refractivity contribution in [3.63, 3.8) is 0 Å². The molecule has 10 aromatic heterocycles. The summed E-state index contributed by atoms with van der Waals surface area (Å²) in [4.78, 5) is 30.7. The lowest BCUT2D eigenvalue weighted by Gasteiger charge is -2.12. The zero-order valence-electron chi connectivity index (χ0n) is 74.7. The Bertz CT molecular complexity index is 9680. The number of thiophene rings is 2. The van der Waals surface area contributed by atoms with E-state index in [1.807, 2.05) is 83.5 Å². The van der Waals surface area contributed by atoms with E-state index in [1.54, 1.807) is 0 Å². The van der Waals surface area contributed by atoms with Crippen molar-refractivity contribution in [2.24, 2.45) is 0 Å². The predicted octanol–water partition coefficient (Wildman–Crippen LogP) is 33.8. The Morgan fingerprint density at radius 3 is 1.06 bits per heavy atom. The predicted molar refractivity (Wildman–Crippen MR) is 580 cm³/mol. The van der Waals surface area contributed by atoms with Crippen LogP contribution in [0.4, 0.5) is 0 Å². The lowest BCUT2D eigenvalue weighted by atomic mass is 10.0. The molecule has 29 aromatic rings. The van der Waals surface area contributed by atoms with Crippen LogP contribution in [0.3, 0.4) is 0 Å². The Kier molecular flexibility index (Phi) is 19.4. The molecule has 0 bridgehead atoms. The number of aromatic nitrogens is 10. The van der Waals surface area contributed by atoms with Crippen LogP contribution in [-0.4, -0.2) is 48.2 Å². The van der Waals surface area contributed by atoms with Crippen LogP contribution in [-0.2, 0) is 0 Å². The monoisotopic (exact) mass is 1810 g/mol. The molecule has 11 nitrogen and oxygen atoms in total. The Morgan fingerprint density at radius 1 is 0.194 bits per heavy atom. The van der Waals surface area contributed by atoms with Crippen molar-refractivity contribution >= 4 is 172 Å². The number of rotatable bonds is 12. The van der Waals surface area contributed by atoms with Crippen molar-refractivity contribution in [3.05, 3.63) is 473 Å². The number of benzene rings is 19. The van der Waals surface area contributed by atoms with Crippen LogP contribution in [0.15, 0.2) is 478 Å². The van der Waals surface area contributed by atoms with Crippen molar-refractivity contribution in [2.75, 3.05) is 0 Å². The van der Waals surface area contributed by atoms with Crippen LogP contribution >= 0.6 is 22.7 Å². The summed E-state index contributed by atoms with van der Waals surface area (Å²) < 4.78 is 20.8. The minimum Gasteiger partial charge on any atom is -0.455 e. The van der Waals surface area contributed by atoms with Gasteiger partial charge in [0.25, 0.3) is 0 Å². The van der Waals surface area contributed by atoms with Crippen molar-refractivity contribution in [1.82, 2.24) is 48.2 Å². The molecule has 0 spiro atoms. The van der Waals surface area contributed by atoms with Gasteiger partial charge in [-0.05, 0) is 150 Å². The number of para-hydroxylation sites is 6. The molecule has 29 rings (SSSR count). The molecule has 10 heterocycles. The summed E-state index contributed by atoms with van der Waals surface area (Å²) in [6, 6.07) is 164. The van der Waals surface area contributed by atoms with Crippen molar-refractivity contribution in [3.8, 4) is 113 Å². The van der Waals surface area contributed by atoms with Crippen LogP contribution in [0, 0.1) is 0 Å². The molecular weight excluding hydrogens is 1730 g/mol. The van der Waals surface area contributed by atoms with Gasteiger partial charge in [0.1, 0.15) is 11.2 Å². The smallest absolute Gasteiger partial charge is 0.235 e. The van der Waals surface area contributed by atoms with Crippen LogP contribution in [0.25, 0.3) is 263 Å². The molecular formula is C126H78N10OS2. The highest BCUT2D eigenvalue weighted by molar-refractivity contribution is 7.27. The molecule has 0 radical (unpaired) electrons. The summed E-state index contributed by atoms with van der Waals surface area (Å²) in [5.74, 6) is 1.99. The molecule has 0 N–H and O–H groups in total. The maximum absolute atomic E-state index is 6.47. The van der Waals surface area contributed by atoms with Gasteiger partial charge >= 0.3 is 0 Å². The molecule has 139 heavy (non-hydrogen) atoms. The normalized spacial score (nSPS) is 11.7. The molecule has 0 aliphatic heterocycles. The number of hydrogen-bond acceptors (Lipinski definition) is 9. The summed E-state index contributed by atoms with van der Waals surface area (Å²) in [6.45, 7) is 0. The zero-order valence-corrected chi connectivity index (χ0v) is 76.4. The standard InChI is InChI=1S/C46H29N3S.C40H24N4O.C40H25N3S/c1-3-11-30(12-4-1)32-19-23-34(24-20-32)39-29-40(35-25-21-33(22-26-35)31-13-5-2-6-14-31)48-46(47-39)49-41-17-9-7-16-38(41)44-42(49)28-27-37-36-15-8-10-18-43(36)50-45(37)44;1-5-16-33-27(12-1)28-13-2-6-17-34(28)43(33)26-11-9-10-25(24-26)32-22-23-41-40(42-32)44-35-18-7-3-15-31(35)38-36(44)21-20-30-29-14-4-8-19-37(29)45-39(30)38;1-3-11-26(12-4-1)33-25-34(27-13-5-2-6-14-27)42-40(41-33)28-19-21-29(22-20-28)43-35-17-9-7-16-32(35)38-36(43)24-23-31-30-15-8-10-18-37(30)44-39(31)38/h1-29H;1-24H;1-25H. The fraction of sp³-hybridized carbons (Fsp3) is 0. The van der Waals surface area contributed by atoms with E-state index in [0.717, 1.165) is 128 Å². The maximum atomic E-state index is 6.47. The van der Waals surface area contributed by atoms with E-state index in [0.29, 0.717) is 17.7 Å². The molecule has 650 valence electrons. The molecule has 0 aliphatic rings. The van der Waals surface area contributed by atoms with E-state index in [-0.39, 0.29) is 0 Å². The average Bonchev–Trinajstić information content (AvgIpc) is 1.57. The SMILES string of the molecule is c1cc(-c2ccnc(-n3c4ccccc4c4c5oc6ccccc6c5ccc43)n2)cc(-n2c3ccccc3c3ccccc32)c1.c1ccc(-c2cc(-c3ccccc3)nc(-c3ccc(-n4c5ccccc5c5c6sc7ccccc7c6ccc54)cc3)n2)cc1.c1ccc(-c2ccc(-c3cc(-c4ccc(-c5ccccc5)cc4)nc(-n4c5ccccc5c5c6sc7ccccc7c6ccc54)n3)cc2)cc1.